The maximum absolute atomic E-state index is 12.4. The van der Waals surface area contributed by atoms with E-state index >= 15 is 0 Å². The fourth-order valence-electron chi connectivity index (χ4n) is 2.00. The molecule has 1 aromatic heterocycles. The number of ether oxygens (including phenoxy) is 1. The number of anilines is 1. The second-order valence-electron chi connectivity index (χ2n) is 6.80. The zero-order valence-electron chi connectivity index (χ0n) is 15.4. The summed E-state index contributed by atoms with van der Waals surface area (Å²) in [4.78, 5) is 16.7. The van der Waals surface area contributed by atoms with E-state index < -0.39 is 22.0 Å². The van der Waals surface area contributed by atoms with Crippen LogP contribution in [0.4, 0.5) is 5.13 Å². The fraction of sp³-hybridized carbons (Fsp3) is 0.412. The van der Waals surface area contributed by atoms with Gasteiger partial charge in [0.05, 0.1) is 23.7 Å². The molecule has 7 nitrogen and oxygen atoms in total. The number of rotatable bonds is 6. The number of carbonyl (C=O) groups is 1. The van der Waals surface area contributed by atoms with Crippen molar-refractivity contribution in [2.45, 2.75) is 44.0 Å². The average Bonchev–Trinajstić information content (AvgIpc) is 3.03. The second-order valence-corrected chi connectivity index (χ2v) is 9.37. The van der Waals surface area contributed by atoms with Crippen molar-refractivity contribution in [1.82, 2.24) is 9.71 Å². The summed E-state index contributed by atoms with van der Waals surface area (Å²) in [6, 6.07) is 4.97. The van der Waals surface area contributed by atoms with Crippen molar-refractivity contribution in [3.8, 4) is 5.75 Å². The van der Waals surface area contributed by atoms with Crippen molar-refractivity contribution in [2.75, 3.05) is 12.4 Å². The van der Waals surface area contributed by atoms with E-state index in [9.17, 15) is 13.2 Å². The maximum Gasteiger partial charge on any atom is 0.244 e. The number of nitrogens with one attached hydrogen (secondary N) is 2. The summed E-state index contributed by atoms with van der Waals surface area (Å²) < 4.78 is 32.2. The minimum atomic E-state index is -3.82. The smallest absolute Gasteiger partial charge is 0.244 e. The number of carbonyl (C=O) groups excluding carboxylic acids is 1. The Morgan fingerprint density at radius 3 is 2.35 bits per heavy atom. The molecule has 0 bridgehead atoms. The SMILES string of the molecule is COc1ccc(S(=O)(=O)N[C@@H](C)C(=O)Nc2nc(C(C)(C)C)cs2)cc1. The van der Waals surface area contributed by atoms with E-state index in [1.807, 2.05) is 26.2 Å². The van der Waals surface area contributed by atoms with E-state index in [4.69, 9.17) is 4.74 Å². The molecule has 2 aromatic rings. The third kappa shape index (κ3) is 5.03. The minimum absolute atomic E-state index is 0.0576. The van der Waals surface area contributed by atoms with Crippen LogP contribution in [-0.2, 0) is 20.2 Å². The first-order valence-electron chi connectivity index (χ1n) is 7.96. The highest BCUT2D eigenvalue weighted by molar-refractivity contribution is 7.89. The highest BCUT2D eigenvalue weighted by Gasteiger charge is 2.24. The van der Waals surface area contributed by atoms with Crippen LogP contribution >= 0.6 is 11.3 Å². The molecule has 2 N–H and O–H groups in total. The molecule has 0 fully saturated rings. The summed E-state index contributed by atoms with van der Waals surface area (Å²) >= 11 is 1.31. The predicted molar refractivity (Wildman–Crippen MR) is 102 cm³/mol. The molecule has 1 atom stereocenters. The summed E-state index contributed by atoms with van der Waals surface area (Å²) in [5.41, 5.74) is 0.741. The number of methoxy groups -OCH3 is 1. The van der Waals surface area contributed by atoms with Gasteiger partial charge in [-0.25, -0.2) is 13.4 Å². The van der Waals surface area contributed by atoms with Gasteiger partial charge in [0.1, 0.15) is 5.75 Å². The molecular formula is C17H23N3O4S2. The number of aromatic nitrogens is 1. The van der Waals surface area contributed by atoms with Crippen LogP contribution in [0.3, 0.4) is 0 Å². The summed E-state index contributed by atoms with van der Waals surface area (Å²) in [5, 5.41) is 4.96. The van der Waals surface area contributed by atoms with Gasteiger partial charge in [0.25, 0.3) is 0 Å². The van der Waals surface area contributed by atoms with Crippen LogP contribution in [-0.4, -0.2) is 32.5 Å². The molecule has 1 heterocycles. The van der Waals surface area contributed by atoms with Gasteiger partial charge in [0, 0.05) is 10.8 Å². The number of nitrogens with zero attached hydrogens (tertiary/aromatic N) is 1. The van der Waals surface area contributed by atoms with Crippen molar-refractivity contribution >= 4 is 32.4 Å². The maximum atomic E-state index is 12.4. The summed E-state index contributed by atoms with van der Waals surface area (Å²) in [7, 11) is -2.33. The molecule has 1 aromatic carbocycles. The van der Waals surface area contributed by atoms with Crippen molar-refractivity contribution < 1.29 is 17.9 Å². The van der Waals surface area contributed by atoms with Crippen LogP contribution < -0.4 is 14.8 Å². The van der Waals surface area contributed by atoms with Crippen LogP contribution in [0.25, 0.3) is 0 Å². The lowest BCUT2D eigenvalue weighted by Crippen LogP contribution is -2.41. The van der Waals surface area contributed by atoms with Crippen molar-refractivity contribution in [3.63, 3.8) is 0 Å². The number of hydrogen-bond acceptors (Lipinski definition) is 6. The molecule has 0 saturated heterocycles. The molecule has 0 unspecified atom stereocenters. The molecular weight excluding hydrogens is 374 g/mol. The Hall–Kier alpha value is -1.97. The first kappa shape index (κ1) is 20.3. The van der Waals surface area contributed by atoms with Crippen LogP contribution in [0.5, 0.6) is 5.75 Å². The van der Waals surface area contributed by atoms with Gasteiger partial charge in [-0.2, -0.15) is 4.72 Å². The van der Waals surface area contributed by atoms with Crippen LogP contribution in [0.1, 0.15) is 33.4 Å². The van der Waals surface area contributed by atoms with Gasteiger partial charge in [0.2, 0.25) is 15.9 Å². The molecule has 1 amide bonds. The van der Waals surface area contributed by atoms with Gasteiger partial charge in [0.15, 0.2) is 5.13 Å². The van der Waals surface area contributed by atoms with E-state index in [1.54, 1.807) is 12.1 Å². The zero-order chi connectivity index (χ0) is 19.5. The minimum Gasteiger partial charge on any atom is -0.497 e. The second kappa shape index (κ2) is 7.73. The van der Waals surface area contributed by atoms with Crippen molar-refractivity contribution in [1.29, 1.82) is 0 Å². The van der Waals surface area contributed by atoms with Gasteiger partial charge < -0.3 is 10.1 Å². The molecule has 0 aliphatic carbocycles. The predicted octanol–water partition coefficient (Wildman–Crippen LogP) is 2.75. The highest BCUT2D eigenvalue weighted by atomic mass is 32.2. The van der Waals surface area contributed by atoms with Crippen molar-refractivity contribution in [2.24, 2.45) is 0 Å². The number of benzene rings is 1. The van der Waals surface area contributed by atoms with E-state index in [0.717, 1.165) is 5.69 Å². The lowest BCUT2D eigenvalue weighted by atomic mass is 9.93. The van der Waals surface area contributed by atoms with Gasteiger partial charge >= 0.3 is 0 Å². The third-order valence-corrected chi connectivity index (χ3v) is 5.91. The van der Waals surface area contributed by atoms with Crippen LogP contribution in [0.2, 0.25) is 0 Å². The number of thiazole rings is 1. The average molecular weight is 398 g/mol. The zero-order valence-corrected chi connectivity index (χ0v) is 17.0. The van der Waals surface area contributed by atoms with E-state index in [-0.39, 0.29) is 10.3 Å². The molecule has 0 saturated carbocycles. The normalized spacial score (nSPS) is 13.3. The molecule has 9 heteroatoms. The molecule has 2 rings (SSSR count). The molecule has 0 aliphatic heterocycles. The molecule has 0 radical (unpaired) electrons. The van der Waals surface area contributed by atoms with Gasteiger partial charge in [-0.05, 0) is 31.2 Å². The molecule has 0 spiro atoms. The van der Waals surface area contributed by atoms with E-state index in [2.05, 4.69) is 15.0 Å². The van der Waals surface area contributed by atoms with Crippen LogP contribution in [0.15, 0.2) is 34.5 Å². The van der Waals surface area contributed by atoms with Gasteiger partial charge in [-0.15, -0.1) is 11.3 Å². The summed E-state index contributed by atoms with van der Waals surface area (Å²) in [6.07, 6.45) is 0. The number of amides is 1. The number of hydrogen-bond donors (Lipinski definition) is 2. The lowest BCUT2D eigenvalue weighted by molar-refractivity contribution is -0.117. The van der Waals surface area contributed by atoms with Crippen molar-refractivity contribution in [3.05, 3.63) is 35.3 Å². The number of sulfonamides is 1. The monoisotopic (exact) mass is 397 g/mol. The highest BCUT2D eigenvalue weighted by Crippen LogP contribution is 2.26. The largest absolute Gasteiger partial charge is 0.497 e. The quantitative estimate of drug-likeness (QED) is 0.781. The Morgan fingerprint density at radius 1 is 1.23 bits per heavy atom. The van der Waals surface area contributed by atoms with Gasteiger partial charge in [-0.1, -0.05) is 20.8 Å². The molecule has 0 aliphatic rings. The topological polar surface area (TPSA) is 97.4 Å². The summed E-state index contributed by atoms with van der Waals surface area (Å²) in [5.74, 6) is 0.0741. The lowest BCUT2D eigenvalue weighted by Gasteiger charge is -2.15. The Balaban J connectivity index is 2.04. The Morgan fingerprint density at radius 2 is 1.85 bits per heavy atom. The first-order valence-corrected chi connectivity index (χ1v) is 10.3. The van der Waals surface area contributed by atoms with Gasteiger partial charge in [-0.3, -0.25) is 4.79 Å². The van der Waals surface area contributed by atoms with E-state index in [0.29, 0.717) is 10.9 Å². The fourth-order valence-corrected chi connectivity index (χ4v) is 4.14. The third-order valence-electron chi connectivity index (χ3n) is 3.60. The van der Waals surface area contributed by atoms with E-state index in [1.165, 1.54) is 37.5 Å². The Bertz CT molecular complexity index is 868. The Labute approximate surface area is 157 Å². The van der Waals surface area contributed by atoms with Crippen LogP contribution in [0, 0.1) is 0 Å². The molecule has 26 heavy (non-hydrogen) atoms. The summed E-state index contributed by atoms with van der Waals surface area (Å²) in [6.45, 7) is 7.56. The Kier molecular flexibility index (Phi) is 6.05. The standard InChI is InChI=1S/C17H23N3O4S2/c1-11(15(21)19-16-18-14(10-25-16)17(2,3)4)20-26(22,23)13-8-6-12(24-5)7-9-13/h6-11,20H,1-5H3,(H,18,19,21)/t11-/m0/s1. The first-order chi connectivity index (χ1) is 12.0. The molecule has 142 valence electrons.